The summed E-state index contributed by atoms with van der Waals surface area (Å²) in [4.78, 5) is 8.20. The van der Waals surface area contributed by atoms with Crippen molar-refractivity contribution in [3.63, 3.8) is 0 Å². The zero-order chi connectivity index (χ0) is 10.3. The van der Waals surface area contributed by atoms with Gasteiger partial charge in [0.1, 0.15) is 5.52 Å². The number of nitrogens with zero attached hydrogens (tertiary/aromatic N) is 3. The van der Waals surface area contributed by atoms with Crippen LogP contribution in [0.4, 0.5) is 0 Å². The molecule has 3 nitrogen and oxygen atoms in total. The third-order valence-corrected chi connectivity index (χ3v) is 3.02. The molecular formula is C9H9ClIN3. The molecule has 0 bridgehead atoms. The Labute approximate surface area is 101 Å². The third kappa shape index (κ3) is 1.61. The summed E-state index contributed by atoms with van der Waals surface area (Å²) in [6.45, 7) is 4.26. The molecule has 0 unspecified atom stereocenters. The zero-order valence-electron chi connectivity index (χ0n) is 7.83. The van der Waals surface area contributed by atoms with Crippen LogP contribution in [0.1, 0.15) is 19.9 Å². The van der Waals surface area contributed by atoms with E-state index >= 15 is 0 Å². The van der Waals surface area contributed by atoms with Crippen molar-refractivity contribution in [2.45, 2.75) is 19.9 Å². The molecule has 14 heavy (non-hydrogen) atoms. The van der Waals surface area contributed by atoms with E-state index in [1.807, 2.05) is 0 Å². The third-order valence-electron chi connectivity index (χ3n) is 2.05. The number of fused-ring (bicyclic) bond motifs is 1. The molecule has 0 saturated carbocycles. The second kappa shape index (κ2) is 3.66. The Morgan fingerprint density at radius 3 is 2.86 bits per heavy atom. The molecule has 2 rings (SSSR count). The number of hydrogen-bond donors (Lipinski definition) is 0. The Morgan fingerprint density at radius 1 is 1.50 bits per heavy atom. The highest BCUT2D eigenvalue weighted by Gasteiger charge is 2.10. The van der Waals surface area contributed by atoms with E-state index < -0.39 is 0 Å². The maximum absolute atomic E-state index is 5.74. The van der Waals surface area contributed by atoms with E-state index in [-0.39, 0.29) is 0 Å². The fourth-order valence-corrected chi connectivity index (χ4v) is 2.23. The van der Waals surface area contributed by atoms with E-state index in [9.17, 15) is 0 Å². The number of aromatic nitrogens is 3. The first-order valence-electron chi connectivity index (χ1n) is 4.28. The summed E-state index contributed by atoms with van der Waals surface area (Å²) in [7, 11) is 0. The molecular weight excluding hydrogens is 312 g/mol. The standard InChI is InChI=1S/C9H9ClIN3/c1-5(2)14-4-6(11)8-7(14)3-12-9(10)13-8/h3-5H,1-2H3. The lowest BCUT2D eigenvalue weighted by molar-refractivity contribution is 0.621. The van der Waals surface area contributed by atoms with Gasteiger partial charge in [-0.2, -0.15) is 0 Å². The molecule has 0 radical (unpaired) electrons. The van der Waals surface area contributed by atoms with Crippen molar-refractivity contribution >= 4 is 45.2 Å². The van der Waals surface area contributed by atoms with E-state index in [0.29, 0.717) is 11.3 Å². The summed E-state index contributed by atoms with van der Waals surface area (Å²) in [6, 6.07) is 0.408. The van der Waals surface area contributed by atoms with E-state index in [1.165, 1.54) is 0 Å². The second-order valence-corrected chi connectivity index (χ2v) is 4.85. The smallest absolute Gasteiger partial charge is 0.223 e. The Kier molecular flexibility index (Phi) is 2.66. The molecule has 0 fully saturated rings. The molecule has 2 aromatic rings. The monoisotopic (exact) mass is 321 g/mol. The van der Waals surface area contributed by atoms with Crippen molar-refractivity contribution < 1.29 is 0 Å². The van der Waals surface area contributed by atoms with E-state index in [1.54, 1.807) is 6.20 Å². The van der Waals surface area contributed by atoms with Crippen LogP contribution in [0.15, 0.2) is 12.4 Å². The van der Waals surface area contributed by atoms with Gasteiger partial charge in [0.15, 0.2) is 0 Å². The number of rotatable bonds is 1. The van der Waals surface area contributed by atoms with Crippen LogP contribution in [-0.4, -0.2) is 14.5 Å². The van der Waals surface area contributed by atoms with Crippen molar-refractivity contribution in [1.29, 1.82) is 0 Å². The van der Waals surface area contributed by atoms with Crippen LogP contribution in [0.3, 0.4) is 0 Å². The maximum atomic E-state index is 5.74. The van der Waals surface area contributed by atoms with Crippen molar-refractivity contribution in [2.24, 2.45) is 0 Å². The van der Waals surface area contributed by atoms with Crippen LogP contribution < -0.4 is 0 Å². The van der Waals surface area contributed by atoms with Crippen LogP contribution >= 0.6 is 34.2 Å². The van der Waals surface area contributed by atoms with Gasteiger partial charge in [-0.25, -0.2) is 9.97 Å². The molecule has 0 aromatic carbocycles. The van der Waals surface area contributed by atoms with Crippen LogP contribution in [0, 0.1) is 3.57 Å². The molecule has 0 atom stereocenters. The van der Waals surface area contributed by atoms with Crippen molar-refractivity contribution in [3.05, 3.63) is 21.2 Å². The van der Waals surface area contributed by atoms with E-state index in [2.05, 4.69) is 57.2 Å². The SMILES string of the molecule is CC(C)n1cc(I)c2nc(Cl)ncc21. The van der Waals surface area contributed by atoms with Gasteiger partial charge in [-0.1, -0.05) is 0 Å². The van der Waals surface area contributed by atoms with Gasteiger partial charge in [0.2, 0.25) is 5.28 Å². The van der Waals surface area contributed by atoms with Crippen LogP contribution in [0.25, 0.3) is 11.0 Å². The molecule has 2 aromatic heterocycles. The minimum atomic E-state index is 0.303. The first kappa shape index (κ1) is 10.2. The Morgan fingerprint density at radius 2 is 2.21 bits per heavy atom. The highest BCUT2D eigenvalue weighted by atomic mass is 127. The second-order valence-electron chi connectivity index (χ2n) is 3.35. The highest BCUT2D eigenvalue weighted by molar-refractivity contribution is 14.1. The Bertz CT molecular complexity index is 478. The summed E-state index contributed by atoms with van der Waals surface area (Å²) in [6.07, 6.45) is 3.84. The average molecular weight is 322 g/mol. The summed E-state index contributed by atoms with van der Waals surface area (Å²) < 4.78 is 3.25. The largest absolute Gasteiger partial charge is 0.341 e. The minimum Gasteiger partial charge on any atom is -0.341 e. The van der Waals surface area contributed by atoms with Gasteiger partial charge in [0, 0.05) is 12.2 Å². The van der Waals surface area contributed by atoms with Gasteiger partial charge in [-0.15, -0.1) is 0 Å². The number of hydrogen-bond acceptors (Lipinski definition) is 2. The van der Waals surface area contributed by atoms with Gasteiger partial charge >= 0.3 is 0 Å². The predicted molar refractivity (Wildman–Crippen MR) is 65.6 cm³/mol. The molecule has 0 N–H and O–H groups in total. The number of halogens is 2. The molecule has 0 aliphatic heterocycles. The van der Waals surface area contributed by atoms with Gasteiger partial charge in [-0.3, -0.25) is 0 Å². The van der Waals surface area contributed by atoms with Crippen LogP contribution in [-0.2, 0) is 0 Å². The van der Waals surface area contributed by atoms with Crippen LogP contribution in [0.5, 0.6) is 0 Å². The van der Waals surface area contributed by atoms with Crippen molar-refractivity contribution in [3.8, 4) is 0 Å². The lowest BCUT2D eigenvalue weighted by Crippen LogP contribution is -1.98. The average Bonchev–Trinajstić information content (AvgIpc) is 2.44. The summed E-state index contributed by atoms with van der Waals surface area (Å²) >= 11 is 8.00. The topological polar surface area (TPSA) is 30.7 Å². The van der Waals surface area contributed by atoms with E-state index in [4.69, 9.17) is 11.6 Å². The Balaban J connectivity index is 2.77. The summed E-state index contributed by atoms with van der Waals surface area (Å²) in [5.41, 5.74) is 1.97. The molecule has 74 valence electrons. The fourth-order valence-electron chi connectivity index (χ4n) is 1.40. The lowest BCUT2D eigenvalue weighted by Gasteiger charge is -2.07. The van der Waals surface area contributed by atoms with Crippen molar-refractivity contribution in [1.82, 2.24) is 14.5 Å². The zero-order valence-corrected chi connectivity index (χ0v) is 10.7. The molecule has 5 heteroatoms. The van der Waals surface area contributed by atoms with E-state index in [0.717, 1.165) is 14.6 Å². The lowest BCUT2D eigenvalue weighted by atomic mass is 10.4. The highest BCUT2D eigenvalue weighted by Crippen LogP contribution is 2.24. The molecule has 0 aliphatic carbocycles. The fraction of sp³-hybridized carbons (Fsp3) is 0.333. The molecule has 0 aliphatic rings. The Hall–Kier alpha value is -0.360. The summed E-state index contributed by atoms with van der Waals surface area (Å²) in [5.74, 6) is 0. The predicted octanol–water partition coefficient (Wildman–Crippen LogP) is 3.27. The molecule has 0 amide bonds. The van der Waals surface area contributed by atoms with Gasteiger partial charge in [0.05, 0.1) is 15.3 Å². The minimum absolute atomic E-state index is 0.303. The molecule has 0 saturated heterocycles. The van der Waals surface area contributed by atoms with Crippen LogP contribution in [0.2, 0.25) is 5.28 Å². The summed E-state index contributed by atoms with van der Waals surface area (Å²) in [5, 5.41) is 0.303. The quantitative estimate of drug-likeness (QED) is 0.596. The first-order chi connectivity index (χ1) is 6.59. The van der Waals surface area contributed by atoms with Gasteiger partial charge < -0.3 is 4.57 Å². The normalized spacial score (nSPS) is 11.5. The first-order valence-corrected chi connectivity index (χ1v) is 5.74. The maximum Gasteiger partial charge on any atom is 0.223 e. The van der Waals surface area contributed by atoms with Crippen molar-refractivity contribution in [2.75, 3.05) is 0 Å². The van der Waals surface area contributed by atoms with Gasteiger partial charge in [-0.05, 0) is 48.0 Å². The molecule has 2 heterocycles. The molecule has 0 spiro atoms. The van der Waals surface area contributed by atoms with Gasteiger partial charge in [0.25, 0.3) is 0 Å².